The molecule has 2 rings (SSSR count). The normalized spacial score (nSPS) is 27.2. The van der Waals surface area contributed by atoms with Crippen LogP contribution in [-0.2, 0) is 9.84 Å². The Hall–Kier alpha value is -0.130. The Labute approximate surface area is 105 Å². The van der Waals surface area contributed by atoms with Gasteiger partial charge in [-0.25, -0.2) is 8.42 Å². The number of sulfone groups is 1. The Morgan fingerprint density at radius 3 is 2.71 bits per heavy atom. The average Bonchev–Trinajstić information content (AvgIpc) is 3.11. The molecule has 2 fully saturated rings. The van der Waals surface area contributed by atoms with E-state index >= 15 is 0 Å². The van der Waals surface area contributed by atoms with E-state index in [4.69, 9.17) is 0 Å². The first-order valence-electron chi connectivity index (χ1n) is 6.77. The average molecular weight is 260 g/mol. The number of piperazine rings is 1. The zero-order chi connectivity index (χ0) is 12.3. The van der Waals surface area contributed by atoms with Gasteiger partial charge in [-0.1, -0.05) is 6.92 Å². The van der Waals surface area contributed by atoms with E-state index in [1.54, 1.807) is 0 Å². The van der Waals surface area contributed by atoms with Crippen LogP contribution in [-0.4, -0.2) is 57.0 Å². The first-order valence-corrected chi connectivity index (χ1v) is 8.59. The molecule has 5 heteroatoms. The molecule has 0 radical (unpaired) electrons. The Bertz CT molecular complexity index is 338. The highest BCUT2D eigenvalue weighted by Crippen LogP contribution is 2.33. The number of nitrogens with one attached hydrogen (secondary N) is 1. The summed E-state index contributed by atoms with van der Waals surface area (Å²) in [5.74, 6) is 1.52. The van der Waals surface area contributed by atoms with Gasteiger partial charge in [-0.2, -0.15) is 0 Å². The summed E-state index contributed by atoms with van der Waals surface area (Å²) in [5.41, 5.74) is 0. The Balaban J connectivity index is 1.74. The molecule has 17 heavy (non-hydrogen) atoms. The third kappa shape index (κ3) is 4.23. The van der Waals surface area contributed by atoms with Gasteiger partial charge >= 0.3 is 0 Å². The molecule has 4 nitrogen and oxygen atoms in total. The van der Waals surface area contributed by atoms with Gasteiger partial charge < -0.3 is 5.32 Å². The van der Waals surface area contributed by atoms with Crippen LogP contribution in [0.2, 0.25) is 0 Å². The summed E-state index contributed by atoms with van der Waals surface area (Å²) in [5, 5.41) is 3.54. The lowest BCUT2D eigenvalue weighted by Gasteiger charge is -2.33. The van der Waals surface area contributed by atoms with Crippen LogP contribution in [0.25, 0.3) is 0 Å². The lowest BCUT2D eigenvalue weighted by atomic mass is 10.1. The minimum atomic E-state index is -2.82. The van der Waals surface area contributed by atoms with Crippen LogP contribution in [0.15, 0.2) is 0 Å². The fraction of sp³-hybridized carbons (Fsp3) is 1.00. The fourth-order valence-electron chi connectivity index (χ4n) is 2.54. The SMILES string of the molecule is CCCS(=O)(=O)CCN1CCNC(C2CC2)C1. The van der Waals surface area contributed by atoms with E-state index in [-0.39, 0.29) is 0 Å². The highest BCUT2D eigenvalue weighted by Gasteiger charge is 2.33. The van der Waals surface area contributed by atoms with Crippen molar-refractivity contribution in [3.8, 4) is 0 Å². The summed E-state index contributed by atoms with van der Waals surface area (Å²) in [7, 11) is -2.82. The number of hydrogen-bond donors (Lipinski definition) is 1. The van der Waals surface area contributed by atoms with Crippen LogP contribution in [0.5, 0.6) is 0 Å². The maximum atomic E-state index is 11.7. The summed E-state index contributed by atoms with van der Waals surface area (Å²) >= 11 is 0. The third-order valence-corrected chi connectivity index (χ3v) is 5.55. The zero-order valence-electron chi connectivity index (χ0n) is 10.7. The van der Waals surface area contributed by atoms with Crippen molar-refractivity contribution in [1.82, 2.24) is 10.2 Å². The van der Waals surface area contributed by atoms with Gasteiger partial charge in [-0.15, -0.1) is 0 Å². The molecule has 2 aliphatic rings. The Morgan fingerprint density at radius 1 is 1.29 bits per heavy atom. The molecule has 1 unspecified atom stereocenters. The van der Waals surface area contributed by atoms with Crippen molar-refractivity contribution in [2.45, 2.75) is 32.2 Å². The van der Waals surface area contributed by atoms with Crippen LogP contribution >= 0.6 is 0 Å². The molecule has 1 N–H and O–H groups in total. The largest absolute Gasteiger partial charge is 0.311 e. The molecule has 1 aliphatic carbocycles. The van der Waals surface area contributed by atoms with Crippen LogP contribution in [0.1, 0.15) is 26.2 Å². The van der Waals surface area contributed by atoms with Gasteiger partial charge in [0.15, 0.2) is 9.84 Å². The smallest absolute Gasteiger partial charge is 0.151 e. The molecule has 100 valence electrons. The van der Waals surface area contributed by atoms with Gasteiger partial charge in [0.2, 0.25) is 0 Å². The van der Waals surface area contributed by atoms with E-state index in [1.165, 1.54) is 12.8 Å². The minimum absolute atomic E-state index is 0.332. The second kappa shape index (κ2) is 5.67. The molecule has 0 spiro atoms. The second-order valence-electron chi connectivity index (χ2n) is 5.35. The molecule has 0 amide bonds. The van der Waals surface area contributed by atoms with E-state index in [1.807, 2.05) is 6.92 Å². The van der Waals surface area contributed by atoms with Crippen molar-refractivity contribution < 1.29 is 8.42 Å². The first-order chi connectivity index (χ1) is 8.11. The van der Waals surface area contributed by atoms with Crippen molar-refractivity contribution in [3.63, 3.8) is 0 Å². The van der Waals surface area contributed by atoms with Crippen LogP contribution in [0, 0.1) is 5.92 Å². The summed E-state index contributed by atoms with van der Waals surface area (Å²) in [6, 6.07) is 0.609. The monoisotopic (exact) mass is 260 g/mol. The van der Waals surface area contributed by atoms with Crippen LogP contribution < -0.4 is 5.32 Å². The lowest BCUT2D eigenvalue weighted by molar-refractivity contribution is 0.197. The quantitative estimate of drug-likeness (QED) is 0.755. The molecule has 1 saturated carbocycles. The van der Waals surface area contributed by atoms with Crippen molar-refractivity contribution in [2.24, 2.45) is 5.92 Å². The molecular weight excluding hydrogens is 236 g/mol. The van der Waals surface area contributed by atoms with Crippen LogP contribution in [0.4, 0.5) is 0 Å². The molecular formula is C12H24N2O2S. The summed E-state index contributed by atoms with van der Waals surface area (Å²) in [6.45, 7) is 5.67. The second-order valence-corrected chi connectivity index (χ2v) is 7.65. The number of hydrogen-bond acceptors (Lipinski definition) is 4. The molecule has 0 bridgehead atoms. The van der Waals surface area contributed by atoms with E-state index < -0.39 is 9.84 Å². The zero-order valence-corrected chi connectivity index (χ0v) is 11.5. The maximum absolute atomic E-state index is 11.7. The van der Waals surface area contributed by atoms with Crippen molar-refractivity contribution >= 4 is 9.84 Å². The lowest BCUT2D eigenvalue weighted by Crippen LogP contribution is -2.52. The van der Waals surface area contributed by atoms with E-state index in [0.29, 0.717) is 24.1 Å². The van der Waals surface area contributed by atoms with E-state index in [9.17, 15) is 8.42 Å². The van der Waals surface area contributed by atoms with Crippen LogP contribution in [0.3, 0.4) is 0 Å². The topological polar surface area (TPSA) is 49.4 Å². The minimum Gasteiger partial charge on any atom is -0.311 e. The van der Waals surface area contributed by atoms with Gasteiger partial charge in [-0.3, -0.25) is 4.90 Å². The van der Waals surface area contributed by atoms with Gasteiger partial charge in [0.25, 0.3) is 0 Å². The van der Waals surface area contributed by atoms with Gasteiger partial charge in [0.1, 0.15) is 0 Å². The molecule has 0 aromatic rings. The van der Waals surface area contributed by atoms with E-state index in [2.05, 4.69) is 10.2 Å². The van der Waals surface area contributed by atoms with E-state index in [0.717, 1.165) is 32.0 Å². The number of nitrogens with zero attached hydrogens (tertiary/aromatic N) is 1. The standard InChI is InChI=1S/C12H24N2O2S/c1-2-8-17(15,16)9-7-14-6-5-13-12(10-14)11-3-4-11/h11-13H,2-10H2,1H3. The Kier molecular flexibility index (Phi) is 4.44. The van der Waals surface area contributed by atoms with Gasteiger partial charge in [-0.05, 0) is 25.2 Å². The van der Waals surface area contributed by atoms with Gasteiger partial charge in [0.05, 0.1) is 5.75 Å². The predicted molar refractivity (Wildman–Crippen MR) is 69.9 cm³/mol. The molecule has 1 saturated heterocycles. The van der Waals surface area contributed by atoms with Gasteiger partial charge in [0, 0.05) is 38.0 Å². The highest BCUT2D eigenvalue weighted by atomic mass is 32.2. The van der Waals surface area contributed by atoms with Crippen molar-refractivity contribution in [3.05, 3.63) is 0 Å². The highest BCUT2D eigenvalue weighted by molar-refractivity contribution is 7.91. The molecule has 0 aromatic heterocycles. The molecule has 1 heterocycles. The summed E-state index contributed by atoms with van der Waals surface area (Å²) in [4.78, 5) is 2.31. The first kappa shape index (κ1) is 13.3. The maximum Gasteiger partial charge on any atom is 0.151 e. The number of rotatable bonds is 6. The molecule has 0 aromatic carbocycles. The molecule has 1 atom stereocenters. The Morgan fingerprint density at radius 2 is 2.06 bits per heavy atom. The molecule has 1 aliphatic heterocycles. The summed E-state index contributed by atoms with van der Waals surface area (Å²) in [6.07, 6.45) is 3.42. The summed E-state index contributed by atoms with van der Waals surface area (Å²) < 4.78 is 23.3. The van der Waals surface area contributed by atoms with Crippen molar-refractivity contribution in [1.29, 1.82) is 0 Å². The third-order valence-electron chi connectivity index (χ3n) is 3.71. The predicted octanol–water partition coefficient (Wildman–Crippen LogP) is 0.495. The fourth-order valence-corrected chi connectivity index (χ4v) is 3.90. The van der Waals surface area contributed by atoms with Crippen molar-refractivity contribution in [2.75, 3.05) is 37.7 Å².